The number of methoxy groups -OCH3 is 1. The summed E-state index contributed by atoms with van der Waals surface area (Å²) < 4.78 is 5.02. The van der Waals surface area contributed by atoms with Crippen molar-refractivity contribution in [1.29, 1.82) is 0 Å². The molecule has 0 saturated carbocycles. The first kappa shape index (κ1) is 7.57. The number of hydrogen-bond donors (Lipinski definition) is 1. The first-order chi connectivity index (χ1) is 4.86. The molecule has 0 atom stereocenters. The van der Waals surface area contributed by atoms with Gasteiger partial charge in [0.25, 0.3) is 0 Å². The molecule has 0 saturated heterocycles. The van der Waals surface area contributed by atoms with Crippen LogP contribution in [0.1, 0.15) is 4.88 Å². The summed E-state index contributed by atoms with van der Waals surface area (Å²) in [5, 5.41) is 5.08. The van der Waals surface area contributed by atoms with Crippen LogP contribution in [0.2, 0.25) is 0 Å². The van der Waals surface area contributed by atoms with E-state index in [0.717, 1.165) is 12.3 Å². The molecule has 1 aromatic heterocycles. The second kappa shape index (κ2) is 3.58. The van der Waals surface area contributed by atoms with Crippen LogP contribution < -0.4 is 10.1 Å². The topological polar surface area (TPSA) is 21.3 Å². The Morgan fingerprint density at radius 1 is 1.70 bits per heavy atom. The second-order valence-corrected chi connectivity index (χ2v) is 2.98. The molecule has 2 nitrogen and oxygen atoms in total. The summed E-state index contributed by atoms with van der Waals surface area (Å²) in [5.41, 5.74) is 0. The third-order valence-electron chi connectivity index (χ3n) is 1.22. The molecular formula is C7H11NOS. The summed E-state index contributed by atoms with van der Waals surface area (Å²) in [5.74, 6) is 0.954. The van der Waals surface area contributed by atoms with E-state index in [2.05, 4.69) is 5.32 Å². The maximum absolute atomic E-state index is 5.02. The molecule has 0 aliphatic rings. The van der Waals surface area contributed by atoms with Gasteiger partial charge in [0.15, 0.2) is 0 Å². The molecule has 0 aliphatic heterocycles. The van der Waals surface area contributed by atoms with Crippen LogP contribution in [0, 0.1) is 0 Å². The standard InChI is InChI=1S/C7H11NOS/c1-8-4-7-3-6(9-2)5-10-7/h3,5,8H,4H2,1-2H3. The van der Waals surface area contributed by atoms with E-state index in [1.807, 2.05) is 18.5 Å². The van der Waals surface area contributed by atoms with Gasteiger partial charge in [0.2, 0.25) is 0 Å². The normalized spacial score (nSPS) is 9.80. The molecule has 0 aliphatic carbocycles. The highest BCUT2D eigenvalue weighted by Crippen LogP contribution is 2.20. The lowest BCUT2D eigenvalue weighted by molar-refractivity contribution is 0.416. The van der Waals surface area contributed by atoms with E-state index in [1.165, 1.54) is 4.88 Å². The average Bonchev–Trinajstić information content (AvgIpc) is 2.37. The molecule has 1 aromatic rings. The van der Waals surface area contributed by atoms with Gasteiger partial charge in [0, 0.05) is 16.8 Å². The van der Waals surface area contributed by atoms with E-state index in [0.29, 0.717) is 0 Å². The fraction of sp³-hybridized carbons (Fsp3) is 0.429. The summed E-state index contributed by atoms with van der Waals surface area (Å²) in [6.45, 7) is 0.925. The monoisotopic (exact) mass is 157 g/mol. The zero-order valence-electron chi connectivity index (χ0n) is 6.18. The van der Waals surface area contributed by atoms with E-state index in [1.54, 1.807) is 18.4 Å². The smallest absolute Gasteiger partial charge is 0.129 e. The van der Waals surface area contributed by atoms with E-state index in [4.69, 9.17) is 4.74 Å². The van der Waals surface area contributed by atoms with Gasteiger partial charge in [-0.1, -0.05) is 0 Å². The molecule has 0 spiro atoms. The maximum Gasteiger partial charge on any atom is 0.129 e. The largest absolute Gasteiger partial charge is 0.496 e. The molecular weight excluding hydrogens is 146 g/mol. The first-order valence-corrected chi connectivity index (χ1v) is 4.00. The zero-order valence-corrected chi connectivity index (χ0v) is 6.99. The van der Waals surface area contributed by atoms with E-state index >= 15 is 0 Å². The molecule has 1 N–H and O–H groups in total. The number of ether oxygens (including phenoxy) is 1. The SMILES string of the molecule is CNCc1cc(OC)cs1. The molecule has 0 aromatic carbocycles. The minimum atomic E-state index is 0.925. The van der Waals surface area contributed by atoms with Gasteiger partial charge >= 0.3 is 0 Å². The second-order valence-electron chi connectivity index (χ2n) is 1.98. The predicted octanol–water partition coefficient (Wildman–Crippen LogP) is 1.48. The molecule has 0 unspecified atom stereocenters. The summed E-state index contributed by atoms with van der Waals surface area (Å²) in [4.78, 5) is 1.30. The quantitative estimate of drug-likeness (QED) is 0.717. The molecule has 3 heteroatoms. The van der Waals surface area contributed by atoms with Crippen molar-refractivity contribution < 1.29 is 4.74 Å². The van der Waals surface area contributed by atoms with Gasteiger partial charge in [-0.25, -0.2) is 0 Å². The molecule has 56 valence electrons. The van der Waals surface area contributed by atoms with Gasteiger partial charge in [-0.2, -0.15) is 0 Å². The Balaban J connectivity index is 2.59. The number of nitrogens with one attached hydrogen (secondary N) is 1. The van der Waals surface area contributed by atoms with Crippen molar-refractivity contribution in [2.75, 3.05) is 14.2 Å². The minimum absolute atomic E-state index is 0.925. The van der Waals surface area contributed by atoms with Crippen molar-refractivity contribution >= 4 is 11.3 Å². The molecule has 1 heterocycles. The highest BCUT2D eigenvalue weighted by Gasteiger charge is 1.96. The van der Waals surface area contributed by atoms with Crippen LogP contribution in [0.4, 0.5) is 0 Å². The van der Waals surface area contributed by atoms with Crippen LogP contribution in [0.15, 0.2) is 11.4 Å². The molecule has 10 heavy (non-hydrogen) atoms. The number of hydrogen-bond acceptors (Lipinski definition) is 3. The van der Waals surface area contributed by atoms with Crippen molar-refractivity contribution in [1.82, 2.24) is 5.32 Å². The van der Waals surface area contributed by atoms with Crippen LogP contribution >= 0.6 is 11.3 Å². The van der Waals surface area contributed by atoms with Crippen LogP contribution in [-0.4, -0.2) is 14.2 Å². The fourth-order valence-corrected chi connectivity index (χ4v) is 1.58. The van der Waals surface area contributed by atoms with Gasteiger partial charge in [0.05, 0.1) is 7.11 Å². The highest BCUT2D eigenvalue weighted by atomic mass is 32.1. The van der Waals surface area contributed by atoms with Crippen molar-refractivity contribution in [3.8, 4) is 5.75 Å². The Bertz CT molecular complexity index is 197. The predicted molar refractivity (Wildman–Crippen MR) is 43.6 cm³/mol. The van der Waals surface area contributed by atoms with E-state index in [-0.39, 0.29) is 0 Å². The van der Waals surface area contributed by atoms with Crippen LogP contribution in [-0.2, 0) is 6.54 Å². The van der Waals surface area contributed by atoms with Gasteiger partial charge in [-0.3, -0.25) is 0 Å². The van der Waals surface area contributed by atoms with Crippen molar-refractivity contribution in [2.45, 2.75) is 6.54 Å². The van der Waals surface area contributed by atoms with Crippen LogP contribution in [0.5, 0.6) is 5.75 Å². The van der Waals surface area contributed by atoms with Gasteiger partial charge in [-0.05, 0) is 13.1 Å². The first-order valence-electron chi connectivity index (χ1n) is 3.13. The molecule has 0 amide bonds. The van der Waals surface area contributed by atoms with Gasteiger partial charge in [-0.15, -0.1) is 11.3 Å². The number of rotatable bonds is 3. The molecule has 0 fully saturated rings. The lowest BCUT2D eigenvalue weighted by atomic mass is 10.4. The van der Waals surface area contributed by atoms with E-state index < -0.39 is 0 Å². The number of thiophene rings is 1. The third-order valence-corrected chi connectivity index (χ3v) is 2.13. The lowest BCUT2D eigenvalue weighted by Crippen LogP contribution is -2.02. The molecule has 0 bridgehead atoms. The van der Waals surface area contributed by atoms with Crippen LogP contribution in [0.25, 0.3) is 0 Å². The Kier molecular flexibility index (Phi) is 2.71. The van der Waals surface area contributed by atoms with Crippen molar-refractivity contribution in [3.63, 3.8) is 0 Å². The minimum Gasteiger partial charge on any atom is -0.496 e. The van der Waals surface area contributed by atoms with Crippen LogP contribution in [0.3, 0.4) is 0 Å². The lowest BCUT2D eigenvalue weighted by Gasteiger charge is -1.91. The third kappa shape index (κ3) is 1.72. The van der Waals surface area contributed by atoms with E-state index in [9.17, 15) is 0 Å². The summed E-state index contributed by atoms with van der Waals surface area (Å²) >= 11 is 1.71. The summed E-state index contributed by atoms with van der Waals surface area (Å²) in [6, 6.07) is 2.04. The Hall–Kier alpha value is -0.540. The highest BCUT2D eigenvalue weighted by molar-refractivity contribution is 7.10. The van der Waals surface area contributed by atoms with Gasteiger partial charge < -0.3 is 10.1 Å². The fourth-order valence-electron chi connectivity index (χ4n) is 0.734. The Labute approximate surface area is 64.8 Å². The van der Waals surface area contributed by atoms with Crippen molar-refractivity contribution in [3.05, 3.63) is 16.3 Å². The van der Waals surface area contributed by atoms with Crippen molar-refractivity contribution in [2.24, 2.45) is 0 Å². The molecule has 0 radical (unpaired) electrons. The average molecular weight is 157 g/mol. The summed E-state index contributed by atoms with van der Waals surface area (Å²) in [7, 11) is 3.62. The molecule has 1 rings (SSSR count). The summed E-state index contributed by atoms with van der Waals surface area (Å²) in [6.07, 6.45) is 0. The zero-order chi connectivity index (χ0) is 7.40. The van der Waals surface area contributed by atoms with Gasteiger partial charge in [0.1, 0.15) is 5.75 Å². The Morgan fingerprint density at radius 3 is 3.00 bits per heavy atom. The Morgan fingerprint density at radius 2 is 2.50 bits per heavy atom. The maximum atomic E-state index is 5.02.